The van der Waals surface area contributed by atoms with E-state index in [1.165, 1.54) is 12.1 Å². The van der Waals surface area contributed by atoms with Crippen molar-refractivity contribution in [1.82, 2.24) is 20.1 Å². The van der Waals surface area contributed by atoms with Gasteiger partial charge in [0.25, 0.3) is 5.91 Å². The van der Waals surface area contributed by atoms with Crippen molar-refractivity contribution in [2.24, 2.45) is 11.7 Å². The van der Waals surface area contributed by atoms with Gasteiger partial charge in [-0.15, -0.1) is 0 Å². The highest BCUT2D eigenvalue weighted by molar-refractivity contribution is 6.07. The Balaban J connectivity index is 1.56. The number of nitrogens with two attached hydrogens (primary N) is 1. The van der Waals surface area contributed by atoms with Crippen molar-refractivity contribution in [2.45, 2.75) is 31.7 Å². The molecule has 1 amide bonds. The van der Waals surface area contributed by atoms with Gasteiger partial charge in [0.15, 0.2) is 17.2 Å². The minimum atomic E-state index is -0.738. The smallest absolute Gasteiger partial charge is 0.254 e. The number of halogens is 1. The summed E-state index contributed by atoms with van der Waals surface area (Å²) in [6, 6.07) is 5.73. The molecule has 2 fully saturated rings. The molecule has 7 nitrogen and oxygen atoms in total. The number of aromatic hydroxyl groups is 1. The largest absolute Gasteiger partial charge is 0.505 e. The number of phenols is 1. The number of hydrogen-bond donors (Lipinski definition) is 3. The zero-order valence-electron chi connectivity index (χ0n) is 16.1. The fraction of sp³-hybridized carbons (Fsp3) is 0.381. The molecular formula is C21H22FN5O2. The van der Waals surface area contributed by atoms with Gasteiger partial charge in [0.2, 0.25) is 0 Å². The molecule has 3 heterocycles. The molecule has 1 aromatic carbocycles. The van der Waals surface area contributed by atoms with Crippen molar-refractivity contribution in [2.75, 3.05) is 13.1 Å². The van der Waals surface area contributed by atoms with Gasteiger partial charge >= 0.3 is 0 Å². The third-order valence-electron chi connectivity index (χ3n) is 6.30. The molecule has 0 spiro atoms. The zero-order valence-corrected chi connectivity index (χ0v) is 16.1. The Kier molecular flexibility index (Phi) is 3.89. The Hall–Kier alpha value is -3.00. The summed E-state index contributed by atoms with van der Waals surface area (Å²) < 4.78 is 13.9. The van der Waals surface area contributed by atoms with E-state index >= 15 is 0 Å². The SMILES string of the molecule is Cc1n[nH]c2nc(-c3ccc(O)c(F)c3)cc(C(=O)N3CCC(C4(N)CC4)C3)c12. The summed E-state index contributed by atoms with van der Waals surface area (Å²) in [5, 5.41) is 17.2. The lowest BCUT2D eigenvalue weighted by Crippen LogP contribution is -2.36. The Labute approximate surface area is 166 Å². The first-order valence-corrected chi connectivity index (χ1v) is 9.78. The first kappa shape index (κ1) is 18.1. The molecule has 1 atom stereocenters. The van der Waals surface area contributed by atoms with E-state index in [1.807, 2.05) is 11.8 Å². The molecule has 1 unspecified atom stereocenters. The second-order valence-electron chi connectivity index (χ2n) is 8.22. The molecule has 29 heavy (non-hydrogen) atoms. The van der Waals surface area contributed by atoms with Crippen LogP contribution in [0.25, 0.3) is 22.3 Å². The third kappa shape index (κ3) is 2.95. The lowest BCUT2D eigenvalue weighted by molar-refractivity contribution is 0.0786. The molecular weight excluding hydrogens is 373 g/mol. The van der Waals surface area contributed by atoms with Gasteiger partial charge in [-0.3, -0.25) is 9.89 Å². The molecule has 1 saturated heterocycles. The van der Waals surface area contributed by atoms with Crippen LogP contribution in [0.1, 0.15) is 35.3 Å². The van der Waals surface area contributed by atoms with E-state index in [1.54, 1.807) is 12.1 Å². The van der Waals surface area contributed by atoms with Crippen LogP contribution in [0, 0.1) is 18.7 Å². The van der Waals surface area contributed by atoms with Gasteiger partial charge in [-0.05, 0) is 56.4 Å². The van der Waals surface area contributed by atoms with Gasteiger partial charge in [0.05, 0.1) is 22.3 Å². The summed E-state index contributed by atoms with van der Waals surface area (Å²) >= 11 is 0. The molecule has 1 aliphatic heterocycles. The number of nitrogens with one attached hydrogen (secondary N) is 1. The number of carbonyl (C=O) groups excluding carboxylic acids is 1. The first-order valence-electron chi connectivity index (χ1n) is 9.78. The number of nitrogens with zero attached hydrogens (tertiary/aromatic N) is 3. The number of amides is 1. The normalized spacial score (nSPS) is 20.4. The Morgan fingerprint density at radius 1 is 1.38 bits per heavy atom. The summed E-state index contributed by atoms with van der Waals surface area (Å²) in [4.78, 5) is 19.8. The van der Waals surface area contributed by atoms with Crippen molar-refractivity contribution >= 4 is 16.9 Å². The van der Waals surface area contributed by atoms with E-state index in [-0.39, 0.29) is 11.4 Å². The molecule has 2 aliphatic rings. The van der Waals surface area contributed by atoms with Gasteiger partial charge in [-0.1, -0.05) is 0 Å². The van der Waals surface area contributed by atoms with E-state index in [2.05, 4.69) is 15.2 Å². The van der Waals surface area contributed by atoms with E-state index in [9.17, 15) is 14.3 Å². The number of H-pyrrole nitrogens is 1. The maximum Gasteiger partial charge on any atom is 0.254 e. The van der Waals surface area contributed by atoms with Crippen molar-refractivity contribution in [1.29, 1.82) is 0 Å². The Bertz CT molecular complexity index is 1140. The molecule has 8 heteroatoms. The summed E-state index contributed by atoms with van der Waals surface area (Å²) in [6.45, 7) is 3.15. The average Bonchev–Trinajstić information content (AvgIpc) is 3.12. The quantitative estimate of drug-likeness (QED) is 0.632. The lowest BCUT2D eigenvalue weighted by Gasteiger charge is -2.20. The van der Waals surface area contributed by atoms with Crippen LogP contribution in [0.2, 0.25) is 0 Å². The van der Waals surface area contributed by atoms with Gasteiger partial charge in [-0.2, -0.15) is 5.10 Å². The van der Waals surface area contributed by atoms with Crippen LogP contribution >= 0.6 is 0 Å². The number of pyridine rings is 1. The first-order chi connectivity index (χ1) is 13.9. The number of fused-ring (bicyclic) bond motifs is 1. The van der Waals surface area contributed by atoms with Gasteiger partial charge < -0.3 is 15.7 Å². The van der Waals surface area contributed by atoms with Crippen molar-refractivity contribution in [3.05, 3.63) is 41.3 Å². The number of hydrogen-bond acceptors (Lipinski definition) is 5. The molecule has 150 valence electrons. The van der Waals surface area contributed by atoms with E-state index in [0.717, 1.165) is 19.3 Å². The molecule has 0 bridgehead atoms. The molecule has 1 saturated carbocycles. The molecule has 4 N–H and O–H groups in total. The summed E-state index contributed by atoms with van der Waals surface area (Å²) in [6.07, 6.45) is 2.96. The van der Waals surface area contributed by atoms with Crippen LogP contribution in [0.5, 0.6) is 5.75 Å². The van der Waals surface area contributed by atoms with Crippen LogP contribution in [-0.4, -0.2) is 49.7 Å². The fourth-order valence-corrected chi connectivity index (χ4v) is 4.30. The summed E-state index contributed by atoms with van der Waals surface area (Å²) in [5.74, 6) is -0.922. The molecule has 2 aromatic heterocycles. The molecule has 1 aliphatic carbocycles. The van der Waals surface area contributed by atoms with Crippen molar-refractivity contribution in [3.8, 4) is 17.0 Å². The molecule has 5 rings (SSSR count). The number of benzene rings is 1. The number of rotatable bonds is 3. The summed E-state index contributed by atoms with van der Waals surface area (Å²) in [7, 11) is 0. The lowest BCUT2D eigenvalue weighted by atomic mass is 9.97. The van der Waals surface area contributed by atoms with Gasteiger partial charge in [-0.25, -0.2) is 9.37 Å². The number of carbonyl (C=O) groups is 1. The third-order valence-corrected chi connectivity index (χ3v) is 6.30. The maximum atomic E-state index is 13.9. The molecule has 3 aromatic rings. The highest BCUT2D eigenvalue weighted by Crippen LogP contribution is 2.44. The fourth-order valence-electron chi connectivity index (χ4n) is 4.30. The highest BCUT2D eigenvalue weighted by atomic mass is 19.1. The topological polar surface area (TPSA) is 108 Å². The van der Waals surface area contributed by atoms with E-state index in [4.69, 9.17) is 5.73 Å². The second kappa shape index (κ2) is 6.25. The number of likely N-dealkylation sites (tertiary alicyclic amines) is 1. The predicted molar refractivity (Wildman–Crippen MR) is 106 cm³/mol. The summed E-state index contributed by atoms with van der Waals surface area (Å²) in [5.41, 5.74) is 8.82. The second-order valence-corrected chi connectivity index (χ2v) is 8.22. The number of aromatic nitrogens is 3. The van der Waals surface area contributed by atoms with Crippen LogP contribution in [0.15, 0.2) is 24.3 Å². The molecule has 0 radical (unpaired) electrons. The monoisotopic (exact) mass is 395 g/mol. The maximum absolute atomic E-state index is 13.9. The number of phenolic OH excluding ortho intramolecular Hbond substituents is 1. The van der Waals surface area contributed by atoms with Crippen LogP contribution < -0.4 is 5.73 Å². The van der Waals surface area contributed by atoms with Gasteiger partial charge in [0.1, 0.15) is 0 Å². The van der Waals surface area contributed by atoms with E-state index in [0.29, 0.717) is 52.6 Å². The average molecular weight is 395 g/mol. The van der Waals surface area contributed by atoms with Crippen LogP contribution in [0.3, 0.4) is 0 Å². The van der Waals surface area contributed by atoms with Crippen molar-refractivity contribution < 1.29 is 14.3 Å². The Morgan fingerprint density at radius 3 is 2.90 bits per heavy atom. The minimum absolute atomic E-state index is 0.0887. The minimum Gasteiger partial charge on any atom is -0.505 e. The number of aryl methyl sites for hydroxylation is 1. The van der Waals surface area contributed by atoms with E-state index < -0.39 is 11.6 Å². The predicted octanol–water partition coefficient (Wildman–Crippen LogP) is 2.73. The van der Waals surface area contributed by atoms with Gasteiger partial charge in [0, 0.05) is 24.2 Å². The Morgan fingerprint density at radius 2 is 2.17 bits per heavy atom. The standard InChI is InChI=1S/C21H22FN5O2/c1-11-18-14(20(29)27-7-4-13(10-27)21(23)5-6-21)9-16(24-19(18)26-25-11)12-2-3-17(28)15(22)8-12/h2-3,8-9,13,28H,4-7,10,23H2,1H3,(H,24,25,26). The number of aromatic amines is 1. The zero-order chi connectivity index (χ0) is 20.3. The van der Waals surface area contributed by atoms with Crippen LogP contribution in [0.4, 0.5) is 4.39 Å². The van der Waals surface area contributed by atoms with Crippen LogP contribution in [-0.2, 0) is 0 Å². The highest BCUT2D eigenvalue weighted by Gasteiger charge is 2.48. The van der Waals surface area contributed by atoms with Crippen molar-refractivity contribution in [3.63, 3.8) is 0 Å².